The summed E-state index contributed by atoms with van der Waals surface area (Å²) in [5, 5.41) is 1.71. The number of halogens is 1. The lowest BCUT2D eigenvalue weighted by molar-refractivity contribution is 0.394. The van der Waals surface area contributed by atoms with E-state index in [2.05, 4.69) is 18.2 Å². The van der Waals surface area contributed by atoms with Gasteiger partial charge < -0.3 is 9.47 Å². The first-order valence-electron chi connectivity index (χ1n) is 8.57. The van der Waals surface area contributed by atoms with Gasteiger partial charge in [0.25, 0.3) is 0 Å². The SMILES string of the molecule is COc1cc(OC)cc(-c2cc(-c3ccccc3)c3cc(Cl)ccc3n2)c1. The summed E-state index contributed by atoms with van der Waals surface area (Å²) in [6, 6.07) is 23.9. The second-order valence-corrected chi connectivity index (χ2v) is 6.62. The van der Waals surface area contributed by atoms with Crippen molar-refractivity contribution in [2.75, 3.05) is 14.2 Å². The molecule has 4 heteroatoms. The van der Waals surface area contributed by atoms with E-state index in [9.17, 15) is 0 Å². The van der Waals surface area contributed by atoms with E-state index in [4.69, 9.17) is 26.1 Å². The first-order valence-corrected chi connectivity index (χ1v) is 8.95. The fourth-order valence-corrected chi connectivity index (χ4v) is 3.33. The van der Waals surface area contributed by atoms with Gasteiger partial charge in [-0.1, -0.05) is 41.9 Å². The van der Waals surface area contributed by atoms with E-state index in [-0.39, 0.29) is 0 Å². The Hall–Kier alpha value is -3.04. The number of fused-ring (bicyclic) bond motifs is 1. The molecule has 0 aliphatic carbocycles. The number of hydrogen-bond donors (Lipinski definition) is 0. The highest BCUT2D eigenvalue weighted by Crippen LogP contribution is 2.35. The van der Waals surface area contributed by atoms with Gasteiger partial charge in [-0.2, -0.15) is 0 Å². The molecule has 0 aliphatic heterocycles. The molecule has 0 radical (unpaired) electrons. The molecule has 134 valence electrons. The van der Waals surface area contributed by atoms with E-state index in [0.29, 0.717) is 5.02 Å². The zero-order valence-corrected chi connectivity index (χ0v) is 15.8. The molecule has 0 atom stereocenters. The highest BCUT2D eigenvalue weighted by molar-refractivity contribution is 6.31. The van der Waals surface area contributed by atoms with Crippen molar-refractivity contribution in [1.82, 2.24) is 4.98 Å². The lowest BCUT2D eigenvalue weighted by Gasteiger charge is -2.12. The minimum absolute atomic E-state index is 0.692. The first kappa shape index (κ1) is 17.4. The van der Waals surface area contributed by atoms with Gasteiger partial charge in [-0.15, -0.1) is 0 Å². The number of methoxy groups -OCH3 is 2. The predicted molar refractivity (Wildman–Crippen MR) is 111 cm³/mol. The van der Waals surface area contributed by atoms with Gasteiger partial charge in [0.2, 0.25) is 0 Å². The van der Waals surface area contributed by atoms with Gasteiger partial charge in [-0.25, -0.2) is 4.98 Å². The van der Waals surface area contributed by atoms with Crippen LogP contribution in [0, 0.1) is 0 Å². The van der Waals surface area contributed by atoms with Gasteiger partial charge in [0.05, 0.1) is 25.4 Å². The molecular weight excluding hydrogens is 358 g/mol. The molecule has 3 aromatic carbocycles. The molecule has 1 aromatic heterocycles. The van der Waals surface area contributed by atoms with Crippen molar-refractivity contribution in [3.8, 4) is 33.9 Å². The molecular formula is C23H18ClNO2. The van der Waals surface area contributed by atoms with Gasteiger partial charge in [0.15, 0.2) is 0 Å². The Morgan fingerprint density at radius 3 is 2.11 bits per heavy atom. The van der Waals surface area contributed by atoms with Crippen molar-refractivity contribution in [1.29, 1.82) is 0 Å². The Balaban J connectivity index is 1.99. The molecule has 3 nitrogen and oxygen atoms in total. The van der Waals surface area contributed by atoms with Crippen molar-refractivity contribution in [3.05, 3.63) is 77.8 Å². The topological polar surface area (TPSA) is 31.4 Å². The molecule has 0 fully saturated rings. The molecule has 0 bridgehead atoms. The van der Waals surface area contributed by atoms with E-state index in [0.717, 1.165) is 44.8 Å². The summed E-state index contributed by atoms with van der Waals surface area (Å²) in [4.78, 5) is 4.85. The van der Waals surface area contributed by atoms with Crippen LogP contribution in [-0.2, 0) is 0 Å². The second-order valence-electron chi connectivity index (χ2n) is 6.18. The van der Waals surface area contributed by atoms with Crippen molar-refractivity contribution in [3.63, 3.8) is 0 Å². The maximum absolute atomic E-state index is 6.25. The van der Waals surface area contributed by atoms with Crippen LogP contribution in [0.5, 0.6) is 11.5 Å². The van der Waals surface area contributed by atoms with Crippen molar-refractivity contribution >= 4 is 22.5 Å². The molecule has 0 saturated carbocycles. The van der Waals surface area contributed by atoms with Crippen molar-refractivity contribution in [2.45, 2.75) is 0 Å². The largest absolute Gasteiger partial charge is 0.497 e. The van der Waals surface area contributed by atoms with Gasteiger partial charge in [-0.05, 0) is 47.5 Å². The van der Waals surface area contributed by atoms with Crippen LogP contribution in [0.3, 0.4) is 0 Å². The van der Waals surface area contributed by atoms with Crippen molar-refractivity contribution < 1.29 is 9.47 Å². The monoisotopic (exact) mass is 375 g/mol. The predicted octanol–water partition coefficient (Wildman–Crippen LogP) is 6.24. The fraction of sp³-hybridized carbons (Fsp3) is 0.0870. The molecule has 0 amide bonds. The highest BCUT2D eigenvalue weighted by atomic mass is 35.5. The molecule has 0 spiro atoms. The number of ether oxygens (including phenoxy) is 2. The van der Waals surface area contributed by atoms with Crippen LogP contribution in [0.15, 0.2) is 72.8 Å². The lowest BCUT2D eigenvalue weighted by atomic mass is 9.98. The molecule has 4 aromatic rings. The second kappa shape index (κ2) is 7.29. The van der Waals surface area contributed by atoms with E-state index in [1.54, 1.807) is 14.2 Å². The Kier molecular flexibility index (Phi) is 4.69. The number of aromatic nitrogens is 1. The first-order chi connectivity index (χ1) is 13.2. The smallest absolute Gasteiger partial charge is 0.123 e. The number of benzene rings is 3. The average Bonchev–Trinajstić information content (AvgIpc) is 2.73. The van der Waals surface area contributed by atoms with E-state index in [1.807, 2.05) is 54.6 Å². The van der Waals surface area contributed by atoms with Crippen molar-refractivity contribution in [2.24, 2.45) is 0 Å². The summed E-state index contributed by atoms with van der Waals surface area (Å²) in [6.45, 7) is 0. The van der Waals surface area contributed by atoms with Gasteiger partial charge in [0, 0.05) is 22.0 Å². The minimum atomic E-state index is 0.692. The molecule has 0 unspecified atom stereocenters. The average molecular weight is 376 g/mol. The number of hydrogen-bond acceptors (Lipinski definition) is 3. The Bertz CT molecular complexity index is 1090. The quantitative estimate of drug-likeness (QED) is 0.423. The van der Waals surface area contributed by atoms with Gasteiger partial charge >= 0.3 is 0 Å². The van der Waals surface area contributed by atoms with Crippen LogP contribution in [-0.4, -0.2) is 19.2 Å². The molecule has 1 heterocycles. The Morgan fingerprint density at radius 2 is 1.44 bits per heavy atom. The maximum atomic E-state index is 6.25. The minimum Gasteiger partial charge on any atom is -0.497 e. The maximum Gasteiger partial charge on any atom is 0.123 e. The number of rotatable bonds is 4. The van der Waals surface area contributed by atoms with Gasteiger partial charge in [-0.3, -0.25) is 0 Å². The third-order valence-corrected chi connectivity index (χ3v) is 4.74. The highest BCUT2D eigenvalue weighted by Gasteiger charge is 2.12. The molecule has 4 rings (SSSR count). The summed E-state index contributed by atoms with van der Waals surface area (Å²) < 4.78 is 10.8. The van der Waals surface area contributed by atoms with Crippen LogP contribution in [0.25, 0.3) is 33.3 Å². The summed E-state index contributed by atoms with van der Waals surface area (Å²) in [6.07, 6.45) is 0. The Morgan fingerprint density at radius 1 is 0.741 bits per heavy atom. The molecule has 0 aliphatic rings. The van der Waals surface area contributed by atoms with E-state index >= 15 is 0 Å². The standard InChI is InChI=1S/C23H18ClNO2/c1-26-18-10-16(11-19(13-18)27-2)23-14-20(15-6-4-3-5-7-15)21-12-17(24)8-9-22(21)25-23/h3-14H,1-2H3. The summed E-state index contributed by atoms with van der Waals surface area (Å²) >= 11 is 6.25. The fourth-order valence-electron chi connectivity index (χ4n) is 3.16. The number of pyridine rings is 1. The lowest BCUT2D eigenvalue weighted by Crippen LogP contribution is -1.93. The van der Waals surface area contributed by atoms with Crippen LogP contribution in [0.4, 0.5) is 0 Å². The summed E-state index contributed by atoms with van der Waals surface area (Å²) in [5.41, 5.74) is 4.86. The molecule has 27 heavy (non-hydrogen) atoms. The third-order valence-electron chi connectivity index (χ3n) is 4.50. The molecule has 0 N–H and O–H groups in total. The van der Waals surface area contributed by atoms with E-state index < -0.39 is 0 Å². The Labute approximate surface area is 163 Å². The zero-order valence-electron chi connectivity index (χ0n) is 15.1. The van der Waals surface area contributed by atoms with Crippen LogP contribution in [0.1, 0.15) is 0 Å². The normalized spacial score (nSPS) is 10.8. The summed E-state index contributed by atoms with van der Waals surface area (Å²) in [7, 11) is 3.29. The van der Waals surface area contributed by atoms with Crippen LogP contribution >= 0.6 is 11.6 Å². The van der Waals surface area contributed by atoms with Crippen LogP contribution in [0.2, 0.25) is 5.02 Å². The van der Waals surface area contributed by atoms with E-state index in [1.165, 1.54) is 0 Å². The van der Waals surface area contributed by atoms with Gasteiger partial charge in [0.1, 0.15) is 11.5 Å². The summed E-state index contributed by atoms with van der Waals surface area (Å²) in [5.74, 6) is 1.45. The number of nitrogens with zero attached hydrogens (tertiary/aromatic N) is 1. The third kappa shape index (κ3) is 3.46. The van der Waals surface area contributed by atoms with Crippen LogP contribution < -0.4 is 9.47 Å². The zero-order chi connectivity index (χ0) is 18.8. The molecule has 0 saturated heterocycles.